The van der Waals surface area contributed by atoms with Gasteiger partial charge in [-0.25, -0.2) is 9.97 Å². The molecule has 0 saturated carbocycles. The van der Waals surface area contributed by atoms with Crippen LogP contribution in [0.4, 0.5) is 11.6 Å². The average Bonchev–Trinajstić information content (AvgIpc) is 3.72. The number of fused-ring (bicyclic) bond motifs is 4. The molecular formula is C36H29BN6O2. The lowest BCUT2D eigenvalue weighted by Crippen LogP contribution is -2.57. The van der Waals surface area contributed by atoms with Crippen LogP contribution in [0.1, 0.15) is 13.8 Å². The van der Waals surface area contributed by atoms with Gasteiger partial charge in [-0.2, -0.15) is 0 Å². The standard InChI is InChI=1S/C36H29BN6O2/c1-22-38-14-16-42(22)34-12-8-26(20-40-34)24-6-10-28-32(18-24)44-30-4-3-5-31-36(30)37(28)29-11-7-25(19-33(29)45-31)27-9-13-35(41-21-27)43-17-15-39-23(43)2/h3-13,18-21H,14-17H2,1-2H3. The lowest BCUT2D eigenvalue weighted by atomic mass is 9.35. The number of amidine groups is 2. The number of hydrogen-bond acceptors (Lipinski definition) is 8. The number of anilines is 2. The van der Waals surface area contributed by atoms with Gasteiger partial charge in [-0.15, -0.1) is 0 Å². The lowest BCUT2D eigenvalue weighted by Gasteiger charge is -2.33. The van der Waals surface area contributed by atoms with Gasteiger partial charge in [0.15, 0.2) is 0 Å². The molecule has 0 amide bonds. The SMILES string of the molecule is CC1=NCCN1c1ccc(-c2ccc3c(c2)Oc2cccc4c2B3c2ccc(-c3ccc(N5CCN=C5C)nc3)cc2O4)cn1. The number of hydrogen-bond donors (Lipinski definition) is 0. The summed E-state index contributed by atoms with van der Waals surface area (Å²) in [6, 6.07) is 27.4. The molecule has 4 aliphatic heterocycles. The van der Waals surface area contributed by atoms with Crippen LogP contribution in [0.3, 0.4) is 0 Å². The molecule has 0 atom stereocenters. The minimum Gasteiger partial charge on any atom is -0.458 e. The fourth-order valence-corrected chi connectivity index (χ4v) is 6.90. The number of aromatic nitrogens is 2. The molecule has 0 bridgehead atoms. The van der Waals surface area contributed by atoms with E-state index in [1.54, 1.807) is 0 Å². The lowest BCUT2D eigenvalue weighted by molar-refractivity contribution is 0.464. The van der Waals surface area contributed by atoms with Gasteiger partial charge in [0.25, 0.3) is 6.71 Å². The van der Waals surface area contributed by atoms with Crippen molar-refractivity contribution in [2.45, 2.75) is 13.8 Å². The Kier molecular flexibility index (Phi) is 5.81. The van der Waals surface area contributed by atoms with Gasteiger partial charge in [-0.05, 0) is 84.4 Å². The van der Waals surface area contributed by atoms with Gasteiger partial charge < -0.3 is 19.3 Å². The van der Waals surface area contributed by atoms with E-state index in [1.807, 2.05) is 44.4 Å². The molecule has 0 saturated heterocycles. The van der Waals surface area contributed by atoms with Crippen molar-refractivity contribution in [3.8, 4) is 45.3 Å². The third kappa shape index (κ3) is 4.22. The molecular weight excluding hydrogens is 559 g/mol. The first-order valence-electron chi connectivity index (χ1n) is 15.4. The van der Waals surface area contributed by atoms with Crippen molar-refractivity contribution in [1.29, 1.82) is 0 Å². The van der Waals surface area contributed by atoms with Crippen LogP contribution in [0, 0.1) is 0 Å². The molecule has 9 rings (SSSR count). The first-order chi connectivity index (χ1) is 22.1. The second-order valence-corrected chi connectivity index (χ2v) is 11.8. The Morgan fingerprint density at radius 2 is 1.07 bits per heavy atom. The predicted octanol–water partition coefficient (Wildman–Crippen LogP) is 5.02. The van der Waals surface area contributed by atoms with Gasteiger partial charge in [-0.3, -0.25) is 9.98 Å². The van der Waals surface area contributed by atoms with E-state index in [9.17, 15) is 0 Å². The van der Waals surface area contributed by atoms with E-state index in [0.29, 0.717) is 0 Å². The molecule has 45 heavy (non-hydrogen) atoms. The summed E-state index contributed by atoms with van der Waals surface area (Å²) in [4.78, 5) is 22.8. The molecule has 0 aliphatic carbocycles. The highest BCUT2D eigenvalue weighted by Crippen LogP contribution is 2.37. The first kappa shape index (κ1) is 26.0. The summed E-state index contributed by atoms with van der Waals surface area (Å²) < 4.78 is 13.1. The van der Waals surface area contributed by atoms with Crippen molar-refractivity contribution in [3.63, 3.8) is 0 Å². The molecule has 218 valence electrons. The minimum atomic E-state index is 0.00246. The number of benzene rings is 3. The van der Waals surface area contributed by atoms with Gasteiger partial charge in [0.2, 0.25) is 0 Å². The normalized spacial score (nSPS) is 15.9. The van der Waals surface area contributed by atoms with Crippen LogP contribution in [0.25, 0.3) is 22.3 Å². The molecule has 0 N–H and O–H groups in total. The highest BCUT2D eigenvalue weighted by Gasteiger charge is 2.40. The van der Waals surface area contributed by atoms with E-state index >= 15 is 0 Å². The average molecular weight is 588 g/mol. The summed E-state index contributed by atoms with van der Waals surface area (Å²) in [6.45, 7) is 7.44. The van der Waals surface area contributed by atoms with E-state index in [2.05, 4.69) is 80.4 Å². The molecule has 0 spiro atoms. The van der Waals surface area contributed by atoms with Crippen molar-refractivity contribution in [2.24, 2.45) is 9.98 Å². The molecule has 8 nitrogen and oxygen atoms in total. The summed E-state index contributed by atoms with van der Waals surface area (Å²) in [6.07, 6.45) is 3.87. The van der Waals surface area contributed by atoms with Crippen molar-refractivity contribution in [2.75, 3.05) is 36.0 Å². The summed E-state index contributed by atoms with van der Waals surface area (Å²) in [5.74, 6) is 7.24. The Balaban J connectivity index is 1.06. The Morgan fingerprint density at radius 3 is 1.49 bits per heavy atom. The summed E-state index contributed by atoms with van der Waals surface area (Å²) in [5.41, 5.74) is 7.53. The van der Waals surface area contributed by atoms with Crippen LogP contribution < -0.4 is 35.7 Å². The molecule has 4 aliphatic rings. The smallest absolute Gasteiger partial charge is 0.260 e. The zero-order valence-corrected chi connectivity index (χ0v) is 25.1. The highest BCUT2D eigenvalue weighted by atomic mass is 16.5. The van der Waals surface area contributed by atoms with Crippen LogP contribution in [0.15, 0.2) is 101 Å². The molecule has 9 heteroatoms. The summed E-state index contributed by atoms with van der Waals surface area (Å²) >= 11 is 0. The van der Waals surface area contributed by atoms with Gasteiger partial charge in [0.05, 0.1) is 13.1 Å². The second-order valence-electron chi connectivity index (χ2n) is 11.8. The maximum Gasteiger partial charge on any atom is 0.260 e. The Morgan fingerprint density at radius 1 is 0.578 bits per heavy atom. The van der Waals surface area contributed by atoms with Gasteiger partial charge in [-0.1, -0.05) is 30.3 Å². The molecule has 0 unspecified atom stereocenters. The van der Waals surface area contributed by atoms with Gasteiger partial charge >= 0.3 is 0 Å². The Bertz CT molecular complexity index is 1910. The topological polar surface area (TPSA) is 75.4 Å². The van der Waals surface area contributed by atoms with Crippen LogP contribution in [-0.2, 0) is 0 Å². The summed E-state index contributed by atoms with van der Waals surface area (Å²) in [7, 11) is 0. The molecule has 3 aromatic carbocycles. The molecule has 6 heterocycles. The first-order valence-corrected chi connectivity index (χ1v) is 15.4. The quantitative estimate of drug-likeness (QED) is 0.269. The van der Waals surface area contributed by atoms with Crippen LogP contribution >= 0.6 is 0 Å². The fraction of sp³-hybridized carbons (Fsp3) is 0.167. The van der Waals surface area contributed by atoms with Crippen LogP contribution in [-0.4, -0.2) is 54.5 Å². The van der Waals surface area contributed by atoms with Crippen LogP contribution in [0.5, 0.6) is 23.0 Å². The van der Waals surface area contributed by atoms with E-state index in [1.165, 1.54) is 0 Å². The Hall–Kier alpha value is -5.44. The van der Waals surface area contributed by atoms with Crippen molar-refractivity contribution in [3.05, 3.63) is 91.3 Å². The molecule has 2 aromatic heterocycles. The minimum absolute atomic E-state index is 0.00246. The van der Waals surface area contributed by atoms with Crippen molar-refractivity contribution < 1.29 is 9.47 Å². The maximum atomic E-state index is 6.53. The van der Waals surface area contributed by atoms with E-state index in [-0.39, 0.29) is 6.71 Å². The van der Waals surface area contributed by atoms with Gasteiger partial charge in [0.1, 0.15) is 46.3 Å². The zero-order valence-electron chi connectivity index (χ0n) is 25.1. The maximum absolute atomic E-state index is 6.53. The fourth-order valence-electron chi connectivity index (χ4n) is 6.90. The van der Waals surface area contributed by atoms with Crippen molar-refractivity contribution in [1.82, 2.24) is 9.97 Å². The highest BCUT2D eigenvalue weighted by molar-refractivity contribution is 6.98. The van der Waals surface area contributed by atoms with Gasteiger partial charge in [0, 0.05) is 42.1 Å². The van der Waals surface area contributed by atoms with E-state index in [4.69, 9.17) is 19.4 Å². The summed E-state index contributed by atoms with van der Waals surface area (Å²) in [5, 5.41) is 0. The second kappa shape index (κ2) is 10.1. The number of aliphatic imine (C=N–C) groups is 2. The predicted molar refractivity (Wildman–Crippen MR) is 181 cm³/mol. The largest absolute Gasteiger partial charge is 0.458 e. The third-order valence-corrected chi connectivity index (χ3v) is 9.23. The molecule has 0 fully saturated rings. The van der Waals surface area contributed by atoms with E-state index in [0.717, 1.165) is 111 Å². The zero-order chi connectivity index (χ0) is 30.1. The molecule has 0 radical (unpaired) electrons. The van der Waals surface area contributed by atoms with Crippen molar-refractivity contribution >= 4 is 46.4 Å². The number of rotatable bonds is 4. The number of nitrogens with zero attached hydrogens (tertiary/aromatic N) is 6. The molecule has 5 aromatic rings. The number of pyridine rings is 2. The monoisotopic (exact) mass is 588 g/mol. The van der Waals surface area contributed by atoms with E-state index < -0.39 is 0 Å². The third-order valence-electron chi connectivity index (χ3n) is 9.23. The Labute approximate surface area is 261 Å². The van der Waals surface area contributed by atoms with Crippen LogP contribution in [0.2, 0.25) is 0 Å². The number of ether oxygens (including phenoxy) is 2.